The van der Waals surface area contributed by atoms with Crippen molar-refractivity contribution in [1.82, 2.24) is 0 Å². The smallest absolute Gasteiger partial charge is 0.319 e. The molecule has 0 spiro atoms. The molecule has 1 aliphatic heterocycles. The molecule has 0 aromatic heterocycles. The summed E-state index contributed by atoms with van der Waals surface area (Å²) < 4.78 is 0. The summed E-state index contributed by atoms with van der Waals surface area (Å²) in [5.41, 5.74) is 7.94. The quantitative estimate of drug-likeness (QED) is 0.478. The fourth-order valence-corrected chi connectivity index (χ4v) is 4.49. The van der Waals surface area contributed by atoms with Crippen LogP contribution in [0.25, 0.3) is 0 Å². The van der Waals surface area contributed by atoms with Crippen molar-refractivity contribution in [2.75, 3.05) is 9.62 Å². The third-order valence-corrected chi connectivity index (χ3v) is 6.16. The van der Waals surface area contributed by atoms with Crippen molar-refractivity contribution in [2.45, 2.75) is 79.1 Å². The highest BCUT2D eigenvalue weighted by Gasteiger charge is 2.34. The van der Waals surface area contributed by atoms with E-state index < -0.39 is 0 Å². The van der Waals surface area contributed by atoms with Crippen LogP contribution >= 0.6 is 0 Å². The van der Waals surface area contributed by atoms with E-state index in [4.69, 9.17) is 7.74 Å². The van der Waals surface area contributed by atoms with Crippen LogP contribution < -0.4 is 9.62 Å². The molecular formula is C26H36B2N2. The SMILES string of the molecule is [B]B1N(c2c(C(C)C)cccc2C(C)C)C=CN1c1c(C(C)C)cccc1C(C)C. The number of rotatable bonds is 6. The van der Waals surface area contributed by atoms with Gasteiger partial charge in [-0.2, -0.15) is 0 Å². The van der Waals surface area contributed by atoms with Crippen molar-refractivity contribution in [2.24, 2.45) is 0 Å². The van der Waals surface area contributed by atoms with Crippen LogP contribution in [-0.4, -0.2) is 14.6 Å². The predicted octanol–water partition coefficient (Wildman–Crippen LogP) is 7.13. The molecule has 0 fully saturated rings. The standard InChI is InChI=1S/C26H36B2N2/c1-17(2)21-11-9-12-22(18(3)4)25(21)29-15-16-30(28(29)27)26-23(19(5)6)13-10-14-24(26)20(7)8/h9-20H,1-8H3. The van der Waals surface area contributed by atoms with Gasteiger partial charge in [0.2, 0.25) is 0 Å². The lowest BCUT2D eigenvalue weighted by molar-refractivity contribution is 0.832. The molecule has 2 aromatic carbocycles. The van der Waals surface area contributed by atoms with E-state index in [0.29, 0.717) is 23.7 Å². The lowest BCUT2D eigenvalue weighted by Gasteiger charge is -2.35. The molecule has 1 aliphatic rings. The normalized spacial score (nSPS) is 14.3. The fraction of sp³-hybridized carbons (Fsp3) is 0.462. The molecule has 0 aliphatic carbocycles. The van der Waals surface area contributed by atoms with Crippen LogP contribution in [0.4, 0.5) is 11.4 Å². The van der Waals surface area contributed by atoms with E-state index in [-0.39, 0.29) is 6.87 Å². The maximum Gasteiger partial charge on any atom is 0.319 e. The predicted molar refractivity (Wildman–Crippen MR) is 135 cm³/mol. The van der Waals surface area contributed by atoms with Crippen LogP contribution in [0.1, 0.15) is 101 Å². The lowest BCUT2D eigenvalue weighted by atomic mass is 9.50. The van der Waals surface area contributed by atoms with Crippen LogP contribution in [0.3, 0.4) is 0 Å². The largest absolute Gasteiger partial charge is 0.378 e. The van der Waals surface area contributed by atoms with Gasteiger partial charge in [-0.3, -0.25) is 0 Å². The lowest BCUT2D eigenvalue weighted by Crippen LogP contribution is -2.46. The van der Waals surface area contributed by atoms with Crippen LogP contribution in [0.5, 0.6) is 0 Å². The molecule has 2 nitrogen and oxygen atoms in total. The zero-order chi connectivity index (χ0) is 22.2. The van der Waals surface area contributed by atoms with Gasteiger partial charge in [-0.15, -0.1) is 0 Å². The minimum atomic E-state index is -0.264. The highest BCUT2D eigenvalue weighted by Crippen LogP contribution is 2.41. The molecule has 0 saturated carbocycles. The average molecular weight is 398 g/mol. The molecule has 0 bridgehead atoms. The van der Waals surface area contributed by atoms with Gasteiger partial charge in [0.15, 0.2) is 0 Å². The third kappa shape index (κ3) is 4.06. The Morgan fingerprint density at radius 1 is 0.567 bits per heavy atom. The van der Waals surface area contributed by atoms with Crippen molar-refractivity contribution >= 4 is 26.0 Å². The molecule has 1 heterocycles. The van der Waals surface area contributed by atoms with E-state index >= 15 is 0 Å². The zero-order valence-corrected chi connectivity index (χ0v) is 20.0. The van der Waals surface area contributed by atoms with Crippen molar-refractivity contribution in [1.29, 1.82) is 0 Å². The summed E-state index contributed by atoms with van der Waals surface area (Å²) in [5.74, 6) is 1.73. The summed E-state index contributed by atoms with van der Waals surface area (Å²) in [6, 6.07) is 13.4. The van der Waals surface area contributed by atoms with Crippen LogP contribution in [-0.2, 0) is 0 Å². The van der Waals surface area contributed by atoms with Gasteiger partial charge in [0.05, 0.1) is 7.74 Å². The number of anilines is 2. The second-order valence-electron chi connectivity index (χ2n) is 9.72. The minimum absolute atomic E-state index is 0.264. The van der Waals surface area contributed by atoms with Gasteiger partial charge >= 0.3 is 6.87 Å². The summed E-state index contributed by atoms with van der Waals surface area (Å²) in [7, 11) is 6.95. The van der Waals surface area contributed by atoms with Crippen molar-refractivity contribution < 1.29 is 0 Å². The highest BCUT2D eigenvalue weighted by atomic mass is 15.3. The van der Waals surface area contributed by atoms with Crippen molar-refractivity contribution in [3.05, 3.63) is 71.1 Å². The van der Waals surface area contributed by atoms with E-state index in [1.165, 1.54) is 33.6 Å². The second kappa shape index (κ2) is 8.96. The van der Waals surface area contributed by atoms with Crippen LogP contribution in [0, 0.1) is 0 Å². The molecule has 0 N–H and O–H groups in total. The summed E-state index contributed by atoms with van der Waals surface area (Å²) in [5, 5.41) is 0. The van der Waals surface area contributed by atoms with Gasteiger partial charge in [0.25, 0.3) is 0 Å². The van der Waals surface area contributed by atoms with Gasteiger partial charge in [-0.05, 0) is 45.9 Å². The highest BCUT2D eigenvalue weighted by molar-refractivity contribution is 7.08. The first-order valence-corrected chi connectivity index (χ1v) is 11.4. The van der Waals surface area contributed by atoms with Gasteiger partial charge < -0.3 is 9.62 Å². The molecule has 2 radical (unpaired) electrons. The first-order chi connectivity index (χ1) is 14.1. The Labute approximate surface area is 185 Å². The molecule has 0 unspecified atom stereocenters. The third-order valence-electron chi connectivity index (χ3n) is 6.16. The Bertz CT molecular complexity index is 789. The molecule has 2 aromatic rings. The summed E-state index contributed by atoms with van der Waals surface area (Å²) in [6.07, 6.45) is 4.33. The first kappa shape index (κ1) is 22.6. The first-order valence-electron chi connectivity index (χ1n) is 11.4. The summed E-state index contributed by atoms with van der Waals surface area (Å²) in [6.45, 7) is 17.8. The maximum absolute atomic E-state index is 6.95. The Morgan fingerprint density at radius 2 is 0.833 bits per heavy atom. The summed E-state index contributed by atoms with van der Waals surface area (Å²) in [4.78, 5) is 4.54. The number of hydrogen-bond donors (Lipinski definition) is 0. The molecule has 3 rings (SSSR count). The molecule has 0 atom stereocenters. The van der Waals surface area contributed by atoms with Crippen molar-refractivity contribution in [3.8, 4) is 0 Å². The van der Waals surface area contributed by atoms with E-state index in [9.17, 15) is 0 Å². The Balaban J connectivity index is 2.12. The minimum Gasteiger partial charge on any atom is -0.378 e. The van der Waals surface area contributed by atoms with Crippen molar-refractivity contribution in [3.63, 3.8) is 0 Å². The van der Waals surface area contributed by atoms with Gasteiger partial charge in [0, 0.05) is 23.8 Å². The van der Waals surface area contributed by atoms with Gasteiger partial charge in [-0.1, -0.05) is 91.8 Å². The molecule has 156 valence electrons. The van der Waals surface area contributed by atoms with E-state index in [0.717, 1.165) is 0 Å². The molecule has 0 amide bonds. The van der Waals surface area contributed by atoms with E-state index in [1.807, 2.05) is 0 Å². The Hall–Kier alpha value is -2.09. The Morgan fingerprint density at radius 3 is 1.07 bits per heavy atom. The van der Waals surface area contributed by atoms with Gasteiger partial charge in [-0.25, -0.2) is 0 Å². The van der Waals surface area contributed by atoms with Crippen LogP contribution in [0.15, 0.2) is 48.8 Å². The molecule has 0 saturated heterocycles. The second-order valence-corrected chi connectivity index (χ2v) is 9.72. The van der Waals surface area contributed by atoms with E-state index in [1.54, 1.807) is 0 Å². The van der Waals surface area contributed by atoms with Crippen LogP contribution in [0.2, 0.25) is 0 Å². The van der Waals surface area contributed by atoms with E-state index in [2.05, 4.69) is 114 Å². The topological polar surface area (TPSA) is 6.48 Å². The Kier molecular flexibility index (Phi) is 6.75. The summed E-state index contributed by atoms with van der Waals surface area (Å²) >= 11 is 0. The molecule has 4 heteroatoms. The van der Waals surface area contributed by atoms with Gasteiger partial charge in [0.1, 0.15) is 0 Å². The fourth-order valence-electron chi connectivity index (χ4n) is 4.49. The monoisotopic (exact) mass is 398 g/mol. The molecule has 30 heavy (non-hydrogen) atoms. The number of para-hydroxylation sites is 2. The number of nitrogens with zero attached hydrogens (tertiary/aromatic N) is 2. The molecular weight excluding hydrogens is 362 g/mol. The number of hydrogen-bond acceptors (Lipinski definition) is 2. The number of benzene rings is 2. The zero-order valence-electron chi connectivity index (χ0n) is 20.0. The maximum atomic E-state index is 6.95. The average Bonchev–Trinajstić information content (AvgIpc) is 3.07.